The van der Waals surface area contributed by atoms with Crippen LogP contribution in [0.15, 0.2) is 51.0 Å². The molecule has 1 saturated carbocycles. The van der Waals surface area contributed by atoms with Crippen molar-refractivity contribution < 1.29 is 1.43 Å². The van der Waals surface area contributed by atoms with Gasteiger partial charge in [0.2, 0.25) is 0 Å². The number of aromatic nitrogens is 2. The van der Waals surface area contributed by atoms with Gasteiger partial charge < -0.3 is 10.8 Å². The molecule has 2 aliphatic rings. The number of fused-ring (bicyclic) bond motifs is 1. The number of piperidine rings is 1. The second-order valence-corrected chi connectivity index (χ2v) is 10.0. The van der Waals surface area contributed by atoms with Crippen molar-refractivity contribution in [3.63, 3.8) is 0 Å². The fourth-order valence-electron chi connectivity index (χ4n) is 5.62. The molecule has 33 heavy (non-hydrogen) atoms. The van der Waals surface area contributed by atoms with Gasteiger partial charge in [0.25, 0.3) is 0 Å². The lowest BCUT2D eigenvalue weighted by molar-refractivity contribution is 0.149. The van der Waals surface area contributed by atoms with E-state index in [4.69, 9.17) is 11.7 Å². The summed E-state index contributed by atoms with van der Waals surface area (Å²) in [5.74, 6) is 13.4. The van der Waals surface area contributed by atoms with Crippen LogP contribution < -0.4 is 17.4 Å². The lowest BCUT2D eigenvalue weighted by atomic mass is 9.93. The summed E-state index contributed by atoms with van der Waals surface area (Å²) in [6.07, 6.45) is 7.60. The summed E-state index contributed by atoms with van der Waals surface area (Å²) >= 11 is 1.68. The molecule has 0 bridgehead atoms. The molecule has 1 saturated heterocycles. The quantitative estimate of drug-likeness (QED) is 0.228. The highest BCUT2D eigenvalue weighted by atomic mass is 32.1. The van der Waals surface area contributed by atoms with Crippen molar-refractivity contribution >= 4 is 28.2 Å². The molecule has 0 amide bonds. The van der Waals surface area contributed by atoms with E-state index in [-0.39, 0.29) is 25.2 Å². The normalized spacial score (nSPS) is 20.3. The number of nitrogens with two attached hydrogens (primary N) is 2. The molecule has 0 radical (unpaired) electrons. The third-order valence-corrected chi connectivity index (χ3v) is 8.02. The molecule has 1 unspecified atom stereocenters. The average Bonchev–Trinajstić information content (AvgIpc) is 3.50. The van der Waals surface area contributed by atoms with Crippen LogP contribution >= 0.6 is 11.3 Å². The molecule has 1 aromatic carbocycles. The first kappa shape index (κ1) is 22.2. The van der Waals surface area contributed by atoms with E-state index in [1.54, 1.807) is 11.3 Å². The summed E-state index contributed by atoms with van der Waals surface area (Å²) in [7, 11) is 0. The van der Waals surface area contributed by atoms with Gasteiger partial charge in [0.15, 0.2) is 5.84 Å². The van der Waals surface area contributed by atoms with Crippen LogP contribution in [-0.2, 0) is 0 Å². The number of hydrazine groups is 1. The van der Waals surface area contributed by atoms with Crippen LogP contribution in [0.1, 0.15) is 64.0 Å². The predicted octanol–water partition coefficient (Wildman–Crippen LogP) is 3.80. The molecular formula is C24H35N7OS. The number of hydrazone groups is 1. The Bertz CT molecular complexity index is 1140. The van der Waals surface area contributed by atoms with E-state index in [0.717, 1.165) is 55.6 Å². The Kier molecular flexibility index (Phi) is 6.52. The molecule has 5 rings (SSSR count). The third-order valence-electron chi connectivity index (χ3n) is 7.32. The topological polar surface area (TPSA) is 109 Å². The number of likely N-dealkylation sites (tertiary alicyclic amines) is 1. The average molecular weight is 470 g/mol. The SMILES string of the molecule is N/N=C(/C(c1ccsc1)N1CCC(n2c(=O)[nH]c3ccccc32)CC1)N(N)C1CCCCC1.[HH]. The maximum Gasteiger partial charge on any atom is 0.326 e. The standard InChI is InChI=1S/C24H33N7OS.H2/c25-28-23(31(26)19-6-2-1-3-7-19)22(17-12-15-33-16-17)29-13-10-18(11-14-29)30-21-9-5-4-8-20(21)27-24(30)32;/h4-5,8-9,12,15-16,18-19,22H,1-3,6-7,10-11,13-14,25-26H2,(H,27,32);1H/b28-23-;. The van der Waals surface area contributed by atoms with E-state index < -0.39 is 0 Å². The smallest absolute Gasteiger partial charge is 0.321 e. The van der Waals surface area contributed by atoms with Gasteiger partial charge in [-0.2, -0.15) is 16.4 Å². The van der Waals surface area contributed by atoms with Crippen LogP contribution in [0.2, 0.25) is 0 Å². The van der Waals surface area contributed by atoms with Crippen LogP contribution in [0.3, 0.4) is 0 Å². The Hall–Kier alpha value is -2.62. The van der Waals surface area contributed by atoms with Crippen molar-refractivity contribution in [3.05, 3.63) is 57.1 Å². The molecule has 5 N–H and O–H groups in total. The van der Waals surface area contributed by atoms with Gasteiger partial charge in [0.1, 0.15) is 0 Å². The van der Waals surface area contributed by atoms with Crippen LogP contribution in [0.25, 0.3) is 11.0 Å². The fourth-order valence-corrected chi connectivity index (χ4v) is 6.30. The molecule has 2 aromatic heterocycles. The molecule has 9 heteroatoms. The maximum atomic E-state index is 12.7. The number of hydrogen-bond acceptors (Lipinski definition) is 6. The zero-order valence-electron chi connectivity index (χ0n) is 18.9. The maximum absolute atomic E-state index is 12.7. The Morgan fingerprint density at radius 3 is 2.61 bits per heavy atom. The van der Waals surface area contributed by atoms with E-state index >= 15 is 0 Å². The van der Waals surface area contributed by atoms with E-state index in [0.29, 0.717) is 0 Å². The van der Waals surface area contributed by atoms with Gasteiger partial charge >= 0.3 is 5.69 Å². The third kappa shape index (κ3) is 4.32. The minimum Gasteiger partial charge on any atom is -0.321 e. The number of H-pyrrole nitrogens is 1. The summed E-state index contributed by atoms with van der Waals surface area (Å²) in [5, 5.41) is 10.3. The molecule has 178 valence electrons. The molecular weight excluding hydrogens is 434 g/mol. The van der Waals surface area contributed by atoms with Gasteiger partial charge in [-0.1, -0.05) is 31.4 Å². The molecule has 1 aliphatic heterocycles. The van der Waals surface area contributed by atoms with Crippen molar-refractivity contribution in [1.82, 2.24) is 19.5 Å². The van der Waals surface area contributed by atoms with Crippen molar-refractivity contribution in [2.24, 2.45) is 16.8 Å². The number of rotatable bonds is 5. The number of nitrogens with one attached hydrogen (secondary N) is 1. The predicted molar refractivity (Wildman–Crippen MR) is 136 cm³/mol. The first-order valence-corrected chi connectivity index (χ1v) is 12.9. The van der Waals surface area contributed by atoms with Crippen molar-refractivity contribution in [3.8, 4) is 0 Å². The molecule has 3 aromatic rings. The summed E-state index contributed by atoms with van der Waals surface area (Å²) in [5.41, 5.74) is 3.02. The molecule has 0 spiro atoms. The fraction of sp³-hybridized carbons (Fsp3) is 0.500. The first-order valence-electron chi connectivity index (χ1n) is 11.9. The van der Waals surface area contributed by atoms with Crippen LogP contribution in [-0.4, -0.2) is 44.4 Å². The van der Waals surface area contributed by atoms with Gasteiger partial charge in [-0.05, 0) is 60.2 Å². The van der Waals surface area contributed by atoms with Gasteiger partial charge in [0, 0.05) is 26.6 Å². The molecule has 1 atom stereocenters. The zero-order valence-corrected chi connectivity index (χ0v) is 19.7. The highest BCUT2D eigenvalue weighted by Gasteiger charge is 2.35. The number of hydrogen-bond donors (Lipinski definition) is 3. The largest absolute Gasteiger partial charge is 0.326 e. The minimum absolute atomic E-state index is 0. The lowest BCUT2D eigenvalue weighted by Gasteiger charge is -2.41. The monoisotopic (exact) mass is 469 g/mol. The van der Waals surface area contributed by atoms with Crippen LogP contribution in [0.5, 0.6) is 0 Å². The zero-order chi connectivity index (χ0) is 22.8. The summed E-state index contributed by atoms with van der Waals surface area (Å²) in [6.45, 7) is 1.68. The van der Waals surface area contributed by atoms with Crippen molar-refractivity contribution in [2.45, 2.75) is 63.1 Å². The van der Waals surface area contributed by atoms with Crippen LogP contribution in [0.4, 0.5) is 0 Å². The summed E-state index contributed by atoms with van der Waals surface area (Å²) in [4.78, 5) is 18.1. The Balaban J connectivity index is 0.00000274. The number of nitrogens with zero attached hydrogens (tertiary/aromatic N) is 4. The summed E-state index contributed by atoms with van der Waals surface area (Å²) in [6, 6.07) is 10.4. The summed E-state index contributed by atoms with van der Waals surface area (Å²) < 4.78 is 1.93. The Labute approximate surface area is 199 Å². The van der Waals surface area contributed by atoms with Crippen molar-refractivity contribution in [2.75, 3.05) is 13.1 Å². The highest BCUT2D eigenvalue weighted by molar-refractivity contribution is 7.08. The van der Waals surface area contributed by atoms with Crippen LogP contribution in [0, 0.1) is 0 Å². The van der Waals surface area contributed by atoms with E-state index in [1.807, 2.05) is 33.8 Å². The number of thiophene rings is 1. The second kappa shape index (κ2) is 9.70. The van der Waals surface area contributed by atoms with E-state index in [9.17, 15) is 4.79 Å². The Morgan fingerprint density at radius 1 is 1.15 bits per heavy atom. The highest BCUT2D eigenvalue weighted by Crippen LogP contribution is 2.33. The van der Waals surface area contributed by atoms with Gasteiger partial charge in [-0.25, -0.2) is 10.6 Å². The molecule has 2 fully saturated rings. The molecule has 1 aliphatic carbocycles. The number of imidazole rings is 1. The number of amidine groups is 1. The second-order valence-electron chi connectivity index (χ2n) is 9.23. The molecule has 3 heterocycles. The molecule has 8 nitrogen and oxygen atoms in total. The van der Waals surface area contributed by atoms with E-state index in [1.165, 1.54) is 24.8 Å². The number of aromatic amines is 1. The van der Waals surface area contributed by atoms with Crippen molar-refractivity contribution in [1.29, 1.82) is 0 Å². The lowest BCUT2D eigenvalue weighted by Crippen LogP contribution is -2.53. The number of benzene rings is 1. The first-order chi connectivity index (χ1) is 16.2. The van der Waals surface area contributed by atoms with Gasteiger partial charge in [-0.15, -0.1) is 0 Å². The van der Waals surface area contributed by atoms with E-state index in [2.05, 4.69) is 31.8 Å². The Morgan fingerprint density at radius 2 is 1.91 bits per heavy atom. The number of para-hydroxylation sites is 2. The van der Waals surface area contributed by atoms with Gasteiger partial charge in [-0.3, -0.25) is 14.5 Å². The minimum atomic E-state index is -0.0752. The van der Waals surface area contributed by atoms with Gasteiger partial charge in [0.05, 0.1) is 17.1 Å².